The molecule has 0 aliphatic carbocycles. The Morgan fingerprint density at radius 1 is 1.78 bits per heavy atom. The number of hydrogen-bond donors (Lipinski definition) is 1. The largest absolute Gasteiger partial charge is 0.332 e. The molecule has 1 heterocycles. The molecule has 1 rings (SSSR count). The number of carbonyl (C=O) groups is 2. The van der Waals surface area contributed by atoms with Crippen LogP contribution < -0.4 is 5.32 Å². The van der Waals surface area contributed by atoms with Crippen molar-refractivity contribution < 1.29 is 9.59 Å². The second-order valence-electron chi connectivity index (χ2n) is 1.89. The first-order valence-corrected chi connectivity index (χ1v) is 2.75. The topological polar surface area (TPSA) is 46.2 Å². The van der Waals surface area contributed by atoms with E-state index >= 15 is 0 Å². The molecule has 1 amide bonds. The molecule has 9 heavy (non-hydrogen) atoms. The highest BCUT2D eigenvalue weighted by molar-refractivity contribution is 5.93. The van der Waals surface area contributed by atoms with Crippen LogP contribution in [0.15, 0.2) is 12.3 Å². The van der Waals surface area contributed by atoms with Crippen LogP contribution in [0.4, 0.5) is 0 Å². The normalized spacial score (nSPS) is 25.3. The Morgan fingerprint density at radius 3 is 3.00 bits per heavy atom. The summed E-state index contributed by atoms with van der Waals surface area (Å²) >= 11 is 0. The van der Waals surface area contributed by atoms with Crippen LogP contribution in [0.5, 0.6) is 0 Å². The highest BCUT2D eigenvalue weighted by Gasteiger charge is 2.16. The molecule has 0 aromatic carbocycles. The Kier molecular flexibility index (Phi) is 1.63. The van der Waals surface area contributed by atoms with E-state index in [1.807, 2.05) is 0 Å². The lowest BCUT2D eigenvalue weighted by molar-refractivity contribution is -0.128. The molecule has 0 saturated carbocycles. The number of allylic oxidation sites excluding steroid dienone is 1. The SMILES string of the molecule is O=CC1CC=CNC1=O. The van der Waals surface area contributed by atoms with Crippen molar-refractivity contribution in [3.8, 4) is 0 Å². The Bertz CT molecular complexity index is 162. The van der Waals surface area contributed by atoms with E-state index in [1.54, 1.807) is 12.3 Å². The Morgan fingerprint density at radius 2 is 2.56 bits per heavy atom. The van der Waals surface area contributed by atoms with Gasteiger partial charge in [0.2, 0.25) is 5.91 Å². The molecule has 1 unspecified atom stereocenters. The van der Waals surface area contributed by atoms with Gasteiger partial charge in [0, 0.05) is 0 Å². The van der Waals surface area contributed by atoms with Crippen molar-refractivity contribution in [2.24, 2.45) is 5.92 Å². The molecule has 0 aromatic rings. The van der Waals surface area contributed by atoms with Crippen LogP contribution >= 0.6 is 0 Å². The lowest BCUT2D eigenvalue weighted by atomic mass is 10.1. The van der Waals surface area contributed by atoms with E-state index in [0.29, 0.717) is 12.7 Å². The summed E-state index contributed by atoms with van der Waals surface area (Å²) in [7, 11) is 0. The van der Waals surface area contributed by atoms with Crippen LogP contribution in [0.2, 0.25) is 0 Å². The quantitative estimate of drug-likeness (QED) is 0.391. The van der Waals surface area contributed by atoms with E-state index in [9.17, 15) is 9.59 Å². The van der Waals surface area contributed by atoms with Gasteiger partial charge in [-0.3, -0.25) is 4.79 Å². The lowest BCUT2D eigenvalue weighted by Gasteiger charge is -2.09. The summed E-state index contributed by atoms with van der Waals surface area (Å²) in [5.74, 6) is -0.664. The predicted molar refractivity (Wildman–Crippen MR) is 31.5 cm³/mol. The van der Waals surface area contributed by atoms with Crippen LogP contribution in [0.1, 0.15) is 6.42 Å². The van der Waals surface area contributed by atoms with Crippen LogP contribution in [0.25, 0.3) is 0 Å². The van der Waals surface area contributed by atoms with E-state index < -0.39 is 5.92 Å². The van der Waals surface area contributed by atoms with E-state index in [4.69, 9.17) is 0 Å². The first-order valence-electron chi connectivity index (χ1n) is 2.75. The van der Waals surface area contributed by atoms with E-state index in [-0.39, 0.29) is 5.91 Å². The lowest BCUT2D eigenvalue weighted by Crippen LogP contribution is -2.30. The average molecular weight is 125 g/mol. The van der Waals surface area contributed by atoms with Gasteiger partial charge < -0.3 is 10.1 Å². The van der Waals surface area contributed by atoms with E-state index in [0.717, 1.165) is 0 Å². The summed E-state index contributed by atoms with van der Waals surface area (Å²) in [4.78, 5) is 20.7. The zero-order chi connectivity index (χ0) is 6.69. The van der Waals surface area contributed by atoms with Crippen LogP contribution in [-0.4, -0.2) is 12.2 Å². The number of amides is 1. The smallest absolute Gasteiger partial charge is 0.234 e. The minimum Gasteiger partial charge on any atom is -0.332 e. The monoisotopic (exact) mass is 125 g/mol. The summed E-state index contributed by atoms with van der Waals surface area (Å²) in [6.45, 7) is 0. The van der Waals surface area contributed by atoms with Gasteiger partial charge in [0.25, 0.3) is 0 Å². The van der Waals surface area contributed by atoms with Gasteiger partial charge in [-0.05, 0) is 12.6 Å². The molecule has 1 aliphatic heterocycles. The number of hydrogen-bond acceptors (Lipinski definition) is 2. The molecule has 0 bridgehead atoms. The van der Waals surface area contributed by atoms with E-state index in [1.165, 1.54) is 0 Å². The van der Waals surface area contributed by atoms with Crippen molar-refractivity contribution in [3.05, 3.63) is 12.3 Å². The first kappa shape index (κ1) is 6.01. The van der Waals surface area contributed by atoms with E-state index in [2.05, 4.69) is 5.32 Å². The van der Waals surface area contributed by atoms with Crippen LogP contribution in [0.3, 0.4) is 0 Å². The maximum atomic E-state index is 10.6. The number of nitrogens with one attached hydrogen (secondary N) is 1. The van der Waals surface area contributed by atoms with Gasteiger partial charge in [0.1, 0.15) is 6.29 Å². The molecule has 0 fully saturated rings. The van der Waals surface area contributed by atoms with Crippen molar-refractivity contribution in [3.63, 3.8) is 0 Å². The summed E-state index contributed by atoms with van der Waals surface area (Å²) in [6, 6.07) is 0. The fourth-order valence-electron chi connectivity index (χ4n) is 0.687. The zero-order valence-electron chi connectivity index (χ0n) is 4.83. The van der Waals surface area contributed by atoms with Crippen LogP contribution in [0, 0.1) is 5.92 Å². The number of rotatable bonds is 1. The first-order chi connectivity index (χ1) is 4.34. The third kappa shape index (κ3) is 1.16. The average Bonchev–Trinajstić information content (AvgIpc) is 1.89. The molecule has 0 radical (unpaired) electrons. The maximum Gasteiger partial charge on any atom is 0.234 e. The van der Waals surface area contributed by atoms with Gasteiger partial charge in [-0.2, -0.15) is 0 Å². The maximum absolute atomic E-state index is 10.6. The Balaban J connectivity index is 2.63. The molecular weight excluding hydrogens is 118 g/mol. The van der Waals surface area contributed by atoms with Crippen molar-refractivity contribution in [2.45, 2.75) is 6.42 Å². The highest BCUT2D eigenvalue weighted by atomic mass is 16.2. The molecule has 0 aromatic heterocycles. The van der Waals surface area contributed by atoms with Crippen molar-refractivity contribution in [1.29, 1.82) is 0 Å². The molecule has 3 heteroatoms. The standard InChI is InChI=1S/C6H7NO2/c8-4-5-2-1-3-7-6(5)9/h1,3-5H,2H2,(H,7,9). The summed E-state index contributed by atoms with van der Waals surface area (Å²) in [5, 5.41) is 2.43. The Labute approximate surface area is 52.7 Å². The van der Waals surface area contributed by atoms with Gasteiger partial charge in [-0.1, -0.05) is 6.08 Å². The fraction of sp³-hybridized carbons (Fsp3) is 0.333. The van der Waals surface area contributed by atoms with Gasteiger partial charge in [-0.25, -0.2) is 0 Å². The minimum absolute atomic E-state index is 0.201. The van der Waals surface area contributed by atoms with Crippen molar-refractivity contribution >= 4 is 12.2 Å². The van der Waals surface area contributed by atoms with Gasteiger partial charge in [0.15, 0.2) is 0 Å². The molecule has 3 nitrogen and oxygen atoms in total. The van der Waals surface area contributed by atoms with Gasteiger partial charge >= 0.3 is 0 Å². The fourth-order valence-corrected chi connectivity index (χ4v) is 0.687. The minimum atomic E-state index is -0.463. The molecule has 48 valence electrons. The summed E-state index contributed by atoms with van der Waals surface area (Å²) < 4.78 is 0. The molecule has 1 atom stereocenters. The molecule has 0 spiro atoms. The van der Waals surface area contributed by atoms with Gasteiger partial charge in [0.05, 0.1) is 5.92 Å². The molecular formula is C6H7NO2. The summed E-state index contributed by atoms with van der Waals surface area (Å²) in [5.41, 5.74) is 0. The van der Waals surface area contributed by atoms with Crippen molar-refractivity contribution in [2.75, 3.05) is 0 Å². The third-order valence-electron chi connectivity index (χ3n) is 1.23. The Hall–Kier alpha value is -1.12. The zero-order valence-corrected chi connectivity index (χ0v) is 4.83. The van der Waals surface area contributed by atoms with Crippen LogP contribution in [-0.2, 0) is 9.59 Å². The molecule has 1 aliphatic rings. The predicted octanol–water partition coefficient (Wildman–Crippen LogP) is -0.165. The second kappa shape index (κ2) is 2.44. The van der Waals surface area contributed by atoms with Gasteiger partial charge in [-0.15, -0.1) is 0 Å². The van der Waals surface area contributed by atoms with Crippen molar-refractivity contribution in [1.82, 2.24) is 5.32 Å². The summed E-state index contributed by atoms with van der Waals surface area (Å²) in [6.07, 6.45) is 4.52. The number of aldehydes is 1. The highest BCUT2D eigenvalue weighted by Crippen LogP contribution is 2.03. The third-order valence-corrected chi connectivity index (χ3v) is 1.23. The second-order valence-corrected chi connectivity index (χ2v) is 1.89. The number of carbonyl (C=O) groups excluding carboxylic acids is 2. The molecule has 1 N–H and O–H groups in total. The molecule has 0 saturated heterocycles.